The molecule has 0 fully saturated rings. The molecule has 0 aromatic carbocycles. The Morgan fingerprint density at radius 2 is 1.38 bits per heavy atom. The van der Waals surface area contributed by atoms with Crippen molar-refractivity contribution in [3.8, 4) is 0 Å². The minimum atomic E-state index is -2.33. The summed E-state index contributed by atoms with van der Waals surface area (Å²) in [6.07, 6.45) is 7.21. The number of ether oxygens (including phenoxy) is 2. The topological polar surface area (TPSA) is 61.8 Å². The second kappa shape index (κ2) is 41.3. The van der Waals surface area contributed by atoms with Crippen molar-refractivity contribution in [2.75, 3.05) is 40.3 Å². The van der Waals surface area contributed by atoms with Crippen LogP contribution in [0.1, 0.15) is 68.7 Å². The Labute approximate surface area is 183 Å². The van der Waals surface area contributed by atoms with Crippen LogP contribution >= 0.6 is 7.37 Å². The third-order valence-corrected chi connectivity index (χ3v) is 3.99. The van der Waals surface area contributed by atoms with E-state index in [1.165, 1.54) is 27.6 Å². The van der Waals surface area contributed by atoms with E-state index < -0.39 is 7.37 Å². The Balaban J connectivity index is -0.0000000612. The van der Waals surface area contributed by atoms with Gasteiger partial charge in [-0.2, -0.15) is 0 Å². The predicted octanol–water partition coefficient (Wildman–Crippen LogP) is 7.53. The molecule has 0 aromatic heterocycles. The van der Waals surface area contributed by atoms with Gasteiger partial charge in [-0.1, -0.05) is 84.9 Å². The molecule has 0 rings (SSSR count). The molecule has 1 atom stereocenters. The average molecular weight is 439 g/mol. The lowest BCUT2D eigenvalue weighted by atomic mass is 10.3. The molecule has 0 heterocycles. The van der Waals surface area contributed by atoms with Crippen LogP contribution in [0.2, 0.25) is 0 Å². The number of esters is 1. The minimum Gasteiger partial charge on any atom is -0.469 e. The summed E-state index contributed by atoms with van der Waals surface area (Å²) in [5.41, 5.74) is 1.15. The van der Waals surface area contributed by atoms with Crippen molar-refractivity contribution in [1.82, 2.24) is 0 Å². The summed E-state index contributed by atoms with van der Waals surface area (Å²) in [5.74, 6) is -0.245. The molecule has 0 radical (unpaired) electrons. The summed E-state index contributed by atoms with van der Waals surface area (Å²) in [7, 11) is 0.486. The van der Waals surface area contributed by atoms with Gasteiger partial charge in [0.2, 0.25) is 7.37 Å². The summed E-state index contributed by atoms with van der Waals surface area (Å²) < 4.78 is 25.0. The van der Waals surface area contributed by atoms with Gasteiger partial charge in [-0.25, -0.2) is 0 Å². The molecule has 0 aliphatic heterocycles. The summed E-state index contributed by atoms with van der Waals surface area (Å²) in [5, 5.41) is 0. The monoisotopic (exact) mass is 438 g/mol. The molecular formula is C23H51O5P. The SMILES string of the molecule is C=C/C=C(/C)C=C.CC.CC.CCC.CCOCCP(C)(=O)OC.COC(C)=O. The molecular weight excluding hydrogens is 387 g/mol. The van der Waals surface area contributed by atoms with Crippen LogP contribution in [-0.2, 0) is 23.4 Å². The number of allylic oxidation sites excluding steroid dienone is 4. The molecule has 178 valence electrons. The molecule has 0 spiro atoms. The molecule has 0 bridgehead atoms. The van der Waals surface area contributed by atoms with E-state index in [1.807, 2.05) is 47.6 Å². The number of rotatable bonds is 7. The van der Waals surface area contributed by atoms with Crippen LogP contribution in [0, 0.1) is 0 Å². The first-order valence-electron chi connectivity index (χ1n) is 10.3. The Morgan fingerprint density at radius 1 is 1.00 bits per heavy atom. The first kappa shape index (κ1) is 42.0. The fourth-order valence-electron chi connectivity index (χ4n) is 0.720. The molecule has 0 aliphatic rings. The highest BCUT2D eigenvalue weighted by molar-refractivity contribution is 7.58. The summed E-state index contributed by atoms with van der Waals surface area (Å²) in [4.78, 5) is 9.59. The summed E-state index contributed by atoms with van der Waals surface area (Å²) >= 11 is 0. The van der Waals surface area contributed by atoms with Gasteiger partial charge in [-0.3, -0.25) is 9.36 Å². The van der Waals surface area contributed by atoms with Gasteiger partial charge in [0.05, 0.1) is 13.7 Å². The van der Waals surface area contributed by atoms with E-state index in [0.29, 0.717) is 19.4 Å². The third kappa shape index (κ3) is 75.2. The fraction of sp³-hybridized carbons (Fsp3) is 0.696. The van der Waals surface area contributed by atoms with Crippen LogP contribution in [0.25, 0.3) is 0 Å². The standard InChI is InChI=1S/C7H10.C6H15O3P.C3H6O2.C3H8.2C2H6/c1-4-6-7(3)5-2;1-4-9-5-6-10(3,7)8-2;1-3(4)5-2;1-3-2;2*1-2/h4-6H,1-2H2,3H3;4-6H2,1-3H3;1-2H3;3H2,1-2H3;2*1-2H3/b7-6-;;;;;. The Hall–Kier alpha value is -1.16. The Kier molecular flexibility index (Phi) is 59.8. The molecule has 0 saturated heterocycles. The van der Waals surface area contributed by atoms with Crippen molar-refractivity contribution in [3.63, 3.8) is 0 Å². The molecule has 1 unspecified atom stereocenters. The maximum absolute atomic E-state index is 11.2. The van der Waals surface area contributed by atoms with E-state index in [0.717, 1.165) is 5.57 Å². The molecule has 0 aliphatic carbocycles. The van der Waals surface area contributed by atoms with E-state index in [4.69, 9.17) is 9.26 Å². The first-order valence-corrected chi connectivity index (χ1v) is 12.5. The van der Waals surface area contributed by atoms with Crippen molar-refractivity contribution in [2.45, 2.75) is 68.7 Å². The van der Waals surface area contributed by atoms with Crippen LogP contribution in [0.5, 0.6) is 0 Å². The van der Waals surface area contributed by atoms with Crippen molar-refractivity contribution >= 4 is 13.3 Å². The quantitative estimate of drug-likeness (QED) is 0.178. The van der Waals surface area contributed by atoms with Crippen LogP contribution in [-0.4, -0.2) is 46.2 Å². The average Bonchev–Trinajstić information content (AvgIpc) is 2.72. The largest absolute Gasteiger partial charge is 0.469 e. The Bertz CT molecular complexity index is 391. The van der Waals surface area contributed by atoms with Crippen molar-refractivity contribution < 1.29 is 23.4 Å². The smallest absolute Gasteiger partial charge is 0.302 e. The zero-order valence-corrected chi connectivity index (χ0v) is 22.4. The van der Waals surface area contributed by atoms with E-state index in [1.54, 1.807) is 18.8 Å². The lowest BCUT2D eigenvalue weighted by Gasteiger charge is -2.09. The van der Waals surface area contributed by atoms with Gasteiger partial charge >= 0.3 is 5.97 Å². The van der Waals surface area contributed by atoms with E-state index in [2.05, 4.69) is 31.7 Å². The van der Waals surface area contributed by atoms with E-state index in [-0.39, 0.29) is 5.97 Å². The highest BCUT2D eigenvalue weighted by Gasteiger charge is 2.11. The lowest BCUT2D eigenvalue weighted by Crippen LogP contribution is -2.00. The van der Waals surface area contributed by atoms with Crippen molar-refractivity contribution in [2.24, 2.45) is 0 Å². The van der Waals surface area contributed by atoms with Crippen LogP contribution < -0.4 is 0 Å². The van der Waals surface area contributed by atoms with Crippen LogP contribution in [0.4, 0.5) is 0 Å². The zero-order chi connectivity index (χ0) is 24.7. The van der Waals surface area contributed by atoms with E-state index >= 15 is 0 Å². The first-order chi connectivity index (χ1) is 13.6. The lowest BCUT2D eigenvalue weighted by molar-refractivity contribution is -0.137. The van der Waals surface area contributed by atoms with Crippen LogP contribution in [0.15, 0.2) is 37.0 Å². The molecule has 5 nitrogen and oxygen atoms in total. The van der Waals surface area contributed by atoms with Gasteiger partial charge in [-0.05, 0) is 13.8 Å². The normalized spacial score (nSPS) is 10.6. The summed E-state index contributed by atoms with van der Waals surface area (Å²) in [6.45, 7) is 27.4. The van der Waals surface area contributed by atoms with Gasteiger partial charge in [-0.15, -0.1) is 0 Å². The number of carbonyl (C=O) groups is 1. The molecule has 0 aromatic rings. The van der Waals surface area contributed by atoms with Gasteiger partial charge in [0.1, 0.15) is 0 Å². The third-order valence-electron chi connectivity index (χ3n) is 2.22. The van der Waals surface area contributed by atoms with E-state index in [9.17, 15) is 9.36 Å². The molecule has 0 N–H and O–H groups in total. The molecule has 0 amide bonds. The highest BCUT2D eigenvalue weighted by atomic mass is 31.2. The molecule has 29 heavy (non-hydrogen) atoms. The van der Waals surface area contributed by atoms with Crippen LogP contribution in [0.3, 0.4) is 0 Å². The van der Waals surface area contributed by atoms with Gasteiger partial charge in [0.25, 0.3) is 0 Å². The molecule has 0 saturated carbocycles. The maximum atomic E-state index is 11.2. The van der Waals surface area contributed by atoms with Gasteiger partial charge in [0, 0.05) is 33.5 Å². The maximum Gasteiger partial charge on any atom is 0.302 e. The van der Waals surface area contributed by atoms with Crippen molar-refractivity contribution in [3.05, 3.63) is 37.0 Å². The second-order valence-electron chi connectivity index (χ2n) is 4.87. The number of carbonyl (C=O) groups excluding carboxylic acids is 1. The predicted molar refractivity (Wildman–Crippen MR) is 132 cm³/mol. The van der Waals surface area contributed by atoms with Gasteiger partial charge in [0.15, 0.2) is 0 Å². The second-order valence-corrected chi connectivity index (χ2v) is 7.71. The zero-order valence-electron chi connectivity index (χ0n) is 21.5. The van der Waals surface area contributed by atoms with Crippen molar-refractivity contribution in [1.29, 1.82) is 0 Å². The fourth-order valence-corrected chi connectivity index (χ4v) is 1.36. The summed E-state index contributed by atoms with van der Waals surface area (Å²) in [6, 6.07) is 0. The number of hydrogen-bond donors (Lipinski definition) is 0. The minimum absolute atomic E-state index is 0.245. The highest BCUT2D eigenvalue weighted by Crippen LogP contribution is 2.40. The number of methoxy groups -OCH3 is 1. The van der Waals surface area contributed by atoms with Gasteiger partial charge < -0.3 is 14.0 Å². The molecule has 6 heteroatoms. The number of hydrogen-bond acceptors (Lipinski definition) is 5. The Morgan fingerprint density at radius 3 is 1.55 bits per heavy atom.